The first-order chi connectivity index (χ1) is 24.2. The molecule has 0 bridgehead atoms. The Hall–Kier alpha value is -5.86. The summed E-state index contributed by atoms with van der Waals surface area (Å²) in [5.74, 6) is 0.736. The van der Waals surface area contributed by atoms with Gasteiger partial charge in [0.2, 0.25) is 0 Å². The van der Waals surface area contributed by atoms with Crippen molar-refractivity contribution in [1.29, 1.82) is 0 Å². The lowest BCUT2D eigenvalue weighted by molar-refractivity contribution is -0.156. The van der Waals surface area contributed by atoms with Gasteiger partial charge in [-0.3, -0.25) is 14.4 Å². The van der Waals surface area contributed by atoms with Crippen LogP contribution in [0.1, 0.15) is 94.3 Å². The Morgan fingerprint density at radius 1 is 0.627 bits per heavy atom. The van der Waals surface area contributed by atoms with Crippen LogP contribution in [0.2, 0.25) is 0 Å². The number of aliphatic carboxylic acids is 1. The number of carbonyl (C=O) groups is 4. The van der Waals surface area contributed by atoms with Crippen molar-refractivity contribution in [2.75, 3.05) is 0 Å². The molecule has 4 atom stereocenters. The number of carboxylic acids is 1. The largest absolute Gasteiger partial charge is 0.481 e. The molecule has 51 heavy (non-hydrogen) atoms. The van der Waals surface area contributed by atoms with Crippen LogP contribution in [-0.2, 0) is 23.9 Å². The van der Waals surface area contributed by atoms with Crippen LogP contribution in [0.3, 0.4) is 0 Å². The predicted molar refractivity (Wildman–Crippen MR) is 184 cm³/mol. The fraction of sp³-hybridized carbons (Fsp3) is 0.389. The minimum absolute atomic E-state index is 0.0451. The Morgan fingerprint density at radius 2 is 1.02 bits per heavy atom. The van der Waals surface area contributed by atoms with Gasteiger partial charge in [0.1, 0.15) is 22.9 Å². The van der Waals surface area contributed by atoms with Crippen molar-refractivity contribution in [3.63, 3.8) is 0 Å². The van der Waals surface area contributed by atoms with Gasteiger partial charge >= 0.3 is 17.9 Å². The number of ether oxygens (including phenoxy) is 2. The second-order valence-corrected chi connectivity index (χ2v) is 13.2. The highest BCUT2D eigenvalue weighted by atomic mass is 16.6. The molecule has 4 heterocycles. The number of carbonyl (C=O) groups excluding carboxylic acids is 3. The number of carboxylic acid groups (broad SMARTS) is 1. The SMILES string of the molecule is CC(C)(C)OC(=O)/C=C/c1ncccn1.CC(C)(C)OC(=O)C1CC1c1ncccn1.O=C(O)C1CC1c1ncccn1.O=Cc1ncccn1. The van der Waals surface area contributed by atoms with E-state index < -0.39 is 23.1 Å². The Balaban J connectivity index is 0.000000188. The average molecular weight is 699 g/mol. The number of esters is 2. The van der Waals surface area contributed by atoms with Crippen LogP contribution in [0.25, 0.3) is 6.08 Å². The molecule has 1 N–H and O–H groups in total. The fourth-order valence-electron chi connectivity index (χ4n) is 4.12. The van der Waals surface area contributed by atoms with Crippen molar-refractivity contribution >= 4 is 30.3 Å². The third-order valence-electron chi connectivity index (χ3n) is 6.49. The summed E-state index contributed by atoms with van der Waals surface area (Å²) in [7, 11) is 0. The second kappa shape index (κ2) is 18.8. The minimum Gasteiger partial charge on any atom is -0.481 e. The van der Waals surface area contributed by atoms with Gasteiger partial charge in [-0.05, 0) is 84.7 Å². The number of nitrogens with zero attached hydrogens (tertiary/aromatic N) is 8. The van der Waals surface area contributed by atoms with E-state index in [-0.39, 0.29) is 35.5 Å². The lowest BCUT2D eigenvalue weighted by atomic mass is 10.2. The van der Waals surface area contributed by atoms with Crippen LogP contribution in [0.5, 0.6) is 0 Å². The molecule has 0 saturated heterocycles. The Kier molecular flexibility index (Phi) is 14.6. The van der Waals surface area contributed by atoms with Crippen molar-refractivity contribution in [3.8, 4) is 0 Å². The van der Waals surface area contributed by atoms with Gasteiger partial charge < -0.3 is 14.6 Å². The van der Waals surface area contributed by atoms with E-state index in [2.05, 4.69) is 39.9 Å². The zero-order valence-electron chi connectivity index (χ0n) is 29.4. The van der Waals surface area contributed by atoms with Crippen molar-refractivity contribution in [1.82, 2.24) is 39.9 Å². The number of aromatic nitrogens is 8. The number of aldehydes is 1. The highest BCUT2D eigenvalue weighted by molar-refractivity contribution is 5.86. The van der Waals surface area contributed by atoms with E-state index in [1.165, 1.54) is 24.5 Å². The summed E-state index contributed by atoms with van der Waals surface area (Å²) in [6, 6.07) is 6.87. The van der Waals surface area contributed by atoms with Crippen LogP contribution >= 0.6 is 0 Å². The minimum atomic E-state index is -0.743. The van der Waals surface area contributed by atoms with Crippen molar-refractivity contribution < 1.29 is 33.8 Å². The van der Waals surface area contributed by atoms with Gasteiger partial charge in [0.15, 0.2) is 17.9 Å². The standard InChI is InChI=1S/C12H16N2O2.C11H14N2O2.C8H8N2O2.C5H4N2O/c1-12(2,3)16-11(15)9-7-8(9)10-13-5-4-6-14-10;1-11(2,3)15-10(14)6-5-9-12-7-4-8-13-9;11-8(12)6-4-5(6)7-9-2-1-3-10-7;8-4-5-6-2-1-3-7-5/h4-6,8-9H,7H2,1-3H3;4-8H,1-3H3;1-3,5-6H,4H2,(H,11,12);1-4H/b;6-5+;;. The molecule has 4 aromatic heterocycles. The molecule has 15 nitrogen and oxygen atoms in total. The topological polar surface area (TPSA) is 210 Å². The summed E-state index contributed by atoms with van der Waals surface area (Å²) < 4.78 is 10.4. The van der Waals surface area contributed by atoms with Crippen molar-refractivity contribution in [2.45, 2.75) is 77.4 Å². The van der Waals surface area contributed by atoms with E-state index in [0.29, 0.717) is 24.4 Å². The van der Waals surface area contributed by atoms with Gasteiger partial charge in [0.25, 0.3) is 0 Å². The maximum absolute atomic E-state index is 11.7. The molecular weight excluding hydrogens is 656 g/mol. The molecule has 2 aliphatic carbocycles. The molecule has 6 rings (SSSR count). The summed E-state index contributed by atoms with van der Waals surface area (Å²) >= 11 is 0. The van der Waals surface area contributed by atoms with E-state index in [4.69, 9.17) is 14.6 Å². The van der Waals surface area contributed by atoms with Gasteiger partial charge in [-0.25, -0.2) is 44.7 Å². The number of rotatable bonds is 7. The fourth-order valence-corrected chi connectivity index (χ4v) is 4.12. The zero-order valence-corrected chi connectivity index (χ0v) is 29.4. The molecular formula is C36H42N8O7. The monoisotopic (exact) mass is 698 g/mol. The Morgan fingerprint density at radius 3 is 1.39 bits per heavy atom. The molecule has 4 aromatic rings. The molecule has 2 aliphatic rings. The molecule has 0 amide bonds. The smallest absolute Gasteiger partial charge is 0.331 e. The maximum atomic E-state index is 11.7. The first kappa shape index (κ1) is 39.6. The average Bonchev–Trinajstić information content (AvgIpc) is 4.03. The van der Waals surface area contributed by atoms with E-state index in [0.717, 1.165) is 12.2 Å². The molecule has 0 aliphatic heterocycles. The maximum Gasteiger partial charge on any atom is 0.331 e. The quantitative estimate of drug-likeness (QED) is 0.157. The van der Waals surface area contributed by atoms with Crippen molar-refractivity contribution in [2.24, 2.45) is 11.8 Å². The third-order valence-corrected chi connectivity index (χ3v) is 6.49. The molecule has 4 unspecified atom stereocenters. The van der Waals surface area contributed by atoms with E-state index in [1.807, 2.05) is 41.5 Å². The van der Waals surface area contributed by atoms with E-state index in [9.17, 15) is 19.2 Å². The molecule has 0 spiro atoms. The molecule has 268 valence electrons. The summed E-state index contributed by atoms with van der Waals surface area (Å²) in [6.45, 7) is 11.1. The first-order valence-electron chi connectivity index (χ1n) is 16.1. The summed E-state index contributed by atoms with van der Waals surface area (Å²) in [5.41, 5.74) is -0.888. The summed E-state index contributed by atoms with van der Waals surface area (Å²) in [6.07, 6.45) is 17.9. The Labute approximate surface area is 296 Å². The van der Waals surface area contributed by atoms with E-state index >= 15 is 0 Å². The van der Waals surface area contributed by atoms with Gasteiger partial charge in [-0.2, -0.15) is 0 Å². The normalized spacial score (nSPS) is 18.5. The third kappa shape index (κ3) is 15.5. The van der Waals surface area contributed by atoms with Gasteiger partial charge in [-0.15, -0.1) is 0 Å². The lowest BCUT2D eigenvalue weighted by Gasteiger charge is -2.19. The van der Waals surface area contributed by atoms with Gasteiger partial charge in [0.05, 0.1) is 11.8 Å². The predicted octanol–water partition coefficient (Wildman–Crippen LogP) is 4.71. The summed E-state index contributed by atoms with van der Waals surface area (Å²) in [4.78, 5) is 74.8. The van der Waals surface area contributed by atoms with Crippen LogP contribution < -0.4 is 0 Å². The highest BCUT2D eigenvalue weighted by Crippen LogP contribution is 2.47. The van der Waals surface area contributed by atoms with Gasteiger partial charge in [-0.1, -0.05) is 0 Å². The molecule has 2 fully saturated rings. The molecule has 0 radical (unpaired) electrons. The molecule has 15 heteroatoms. The molecule has 2 saturated carbocycles. The van der Waals surface area contributed by atoms with Crippen LogP contribution in [0.4, 0.5) is 0 Å². The first-order valence-corrected chi connectivity index (χ1v) is 16.1. The lowest BCUT2D eigenvalue weighted by Crippen LogP contribution is -2.25. The molecule has 0 aromatic carbocycles. The second-order valence-electron chi connectivity index (χ2n) is 13.2. The Bertz CT molecular complexity index is 1720. The van der Waals surface area contributed by atoms with Crippen LogP contribution in [-0.4, -0.2) is 80.4 Å². The van der Waals surface area contributed by atoms with Crippen molar-refractivity contribution in [3.05, 3.63) is 103 Å². The van der Waals surface area contributed by atoms with E-state index in [1.54, 1.807) is 61.4 Å². The van der Waals surface area contributed by atoms with Gasteiger partial charge in [0, 0.05) is 67.5 Å². The number of hydrogen-bond acceptors (Lipinski definition) is 14. The summed E-state index contributed by atoms with van der Waals surface area (Å²) in [5, 5.41) is 8.63. The van der Waals surface area contributed by atoms with Crippen LogP contribution in [0.15, 0.2) is 79.9 Å². The highest BCUT2D eigenvalue weighted by Gasteiger charge is 2.48. The number of hydrogen-bond donors (Lipinski definition) is 1. The zero-order chi connectivity index (χ0) is 37.4. The van der Waals surface area contributed by atoms with Crippen LogP contribution in [0, 0.1) is 11.8 Å².